The maximum Gasteiger partial charge on any atom is 0.232 e. The minimum Gasteiger partial charge on any atom is -0.454 e. The van der Waals surface area contributed by atoms with E-state index in [1.54, 1.807) is 0 Å². The van der Waals surface area contributed by atoms with Crippen molar-refractivity contribution in [1.82, 2.24) is 15.0 Å². The Kier molecular flexibility index (Phi) is 4.00. The molecule has 1 fully saturated rings. The molecule has 2 aromatic carbocycles. The van der Waals surface area contributed by atoms with Crippen LogP contribution in [0.15, 0.2) is 47.0 Å². The van der Waals surface area contributed by atoms with Gasteiger partial charge in [-0.3, -0.25) is 4.79 Å². The molecule has 0 saturated carbocycles. The number of nitrogens with zero attached hydrogens (tertiary/aromatic N) is 3. The third-order valence-corrected chi connectivity index (χ3v) is 5.09. The maximum atomic E-state index is 12.5. The first-order chi connectivity index (χ1) is 13.7. The number of hydrogen-bond donors (Lipinski definition) is 0. The van der Waals surface area contributed by atoms with Crippen LogP contribution in [0, 0.1) is 6.92 Å². The van der Waals surface area contributed by atoms with Gasteiger partial charge in [-0.2, -0.15) is 4.98 Å². The molecular weight excluding hydrogens is 358 g/mol. The first kappa shape index (κ1) is 16.8. The van der Waals surface area contributed by atoms with Gasteiger partial charge in [-0.1, -0.05) is 35.0 Å². The molecule has 0 radical (unpaired) electrons. The van der Waals surface area contributed by atoms with E-state index in [0.717, 1.165) is 28.2 Å². The number of ether oxygens (including phenoxy) is 2. The molecule has 2 aliphatic heterocycles. The van der Waals surface area contributed by atoms with Gasteiger partial charge >= 0.3 is 0 Å². The Labute approximate surface area is 161 Å². The third-order valence-electron chi connectivity index (χ3n) is 5.09. The predicted molar refractivity (Wildman–Crippen MR) is 99.8 cm³/mol. The highest BCUT2D eigenvalue weighted by Gasteiger charge is 2.34. The lowest BCUT2D eigenvalue weighted by Gasteiger charge is -2.16. The number of hydrogen-bond acceptors (Lipinski definition) is 6. The monoisotopic (exact) mass is 377 g/mol. The highest BCUT2D eigenvalue weighted by atomic mass is 16.7. The van der Waals surface area contributed by atoms with Crippen LogP contribution in [0.5, 0.6) is 11.5 Å². The first-order valence-electron chi connectivity index (χ1n) is 9.22. The van der Waals surface area contributed by atoms with E-state index < -0.39 is 0 Å². The molecule has 0 aliphatic carbocycles. The van der Waals surface area contributed by atoms with Crippen LogP contribution in [0.1, 0.15) is 29.4 Å². The molecule has 3 heterocycles. The van der Waals surface area contributed by atoms with Crippen LogP contribution >= 0.6 is 0 Å². The summed E-state index contributed by atoms with van der Waals surface area (Å²) in [7, 11) is 0. The zero-order valence-electron chi connectivity index (χ0n) is 15.4. The van der Waals surface area contributed by atoms with Crippen LogP contribution in [0.3, 0.4) is 0 Å². The fourth-order valence-electron chi connectivity index (χ4n) is 3.65. The molecule has 1 aromatic heterocycles. The summed E-state index contributed by atoms with van der Waals surface area (Å²) >= 11 is 0. The molecule has 142 valence electrons. The van der Waals surface area contributed by atoms with Gasteiger partial charge in [0.15, 0.2) is 11.5 Å². The van der Waals surface area contributed by atoms with Crippen molar-refractivity contribution >= 4 is 5.91 Å². The standard InChI is InChI=1S/C21H19N3O4/c1-13-3-2-4-15(7-13)20-22-21(28-23-20)16-9-19(25)24(11-16)10-14-5-6-17-18(8-14)27-12-26-17/h2-8,16H,9-12H2,1H3. The van der Waals surface area contributed by atoms with Gasteiger partial charge < -0.3 is 18.9 Å². The van der Waals surface area contributed by atoms with Crippen LogP contribution in [-0.2, 0) is 11.3 Å². The highest BCUT2D eigenvalue weighted by molar-refractivity contribution is 5.79. The molecule has 7 nitrogen and oxygen atoms in total. The van der Waals surface area contributed by atoms with Crippen molar-refractivity contribution < 1.29 is 18.8 Å². The lowest BCUT2D eigenvalue weighted by Crippen LogP contribution is -2.24. The number of aromatic nitrogens is 2. The van der Waals surface area contributed by atoms with E-state index in [2.05, 4.69) is 10.1 Å². The number of rotatable bonds is 4. The molecule has 28 heavy (non-hydrogen) atoms. The normalized spacial score (nSPS) is 18.1. The molecule has 0 spiro atoms. The summed E-state index contributed by atoms with van der Waals surface area (Å²) in [6, 6.07) is 13.7. The summed E-state index contributed by atoms with van der Waals surface area (Å²) in [6.07, 6.45) is 0.375. The van der Waals surface area contributed by atoms with Gasteiger partial charge in [0, 0.05) is 25.1 Å². The predicted octanol–water partition coefficient (Wildman–Crippen LogP) is 3.29. The van der Waals surface area contributed by atoms with Crippen LogP contribution in [0.2, 0.25) is 0 Å². The lowest BCUT2D eigenvalue weighted by atomic mass is 10.1. The lowest BCUT2D eigenvalue weighted by molar-refractivity contribution is -0.128. The topological polar surface area (TPSA) is 77.7 Å². The fraction of sp³-hybridized carbons (Fsp3) is 0.286. The first-order valence-corrected chi connectivity index (χ1v) is 9.22. The van der Waals surface area contributed by atoms with Crippen molar-refractivity contribution in [3.63, 3.8) is 0 Å². The van der Waals surface area contributed by atoms with Gasteiger partial charge in [-0.15, -0.1) is 0 Å². The van der Waals surface area contributed by atoms with Crippen LogP contribution < -0.4 is 9.47 Å². The fourth-order valence-corrected chi connectivity index (χ4v) is 3.65. The molecule has 1 amide bonds. The van der Waals surface area contributed by atoms with E-state index in [9.17, 15) is 4.79 Å². The Morgan fingerprint density at radius 3 is 2.93 bits per heavy atom. The minimum atomic E-state index is -0.0902. The van der Waals surface area contributed by atoms with Gasteiger partial charge in [-0.25, -0.2) is 0 Å². The summed E-state index contributed by atoms with van der Waals surface area (Å²) in [5.74, 6) is 2.52. The smallest absolute Gasteiger partial charge is 0.232 e. The van der Waals surface area contributed by atoms with Gasteiger partial charge in [0.05, 0.1) is 5.92 Å². The number of likely N-dealkylation sites (tertiary alicyclic amines) is 1. The molecule has 3 aromatic rings. The average Bonchev–Trinajstić information content (AvgIpc) is 3.42. The zero-order chi connectivity index (χ0) is 19.1. The van der Waals surface area contributed by atoms with Crippen molar-refractivity contribution in [2.24, 2.45) is 0 Å². The molecule has 1 atom stereocenters. The molecule has 1 unspecified atom stereocenters. The second-order valence-electron chi connectivity index (χ2n) is 7.19. The Hall–Kier alpha value is -3.35. The largest absolute Gasteiger partial charge is 0.454 e. The van der Waals surface area contributed by atoms with E-state index in [1.165, 1.54) is 0 Å². The average molecular weight is 377 g/mol. The van der Waals surface area contributed by atoms with Crippen molar-refractivity contribution in [1.29, 1.82) is 0 Å². The Bertz CT molecular complexity index is 1050. The third kappa shape index (κ3) is 3.09. The Balaban J connectivity index is 1.30. The number of carbonyl (C=O) groups is 1. The number of fused-ring (bicyclic) bond motifs is 1. The Morgan fingerprint density at radius 2 is 2.04 bits per heavy atom. The minimum absolute atomic E-state index is 0.0815. The highest BCUT2D eigenvalue weighted by Crippen LogP contribution is 2.34. The number of carbonyl (C=O) groups excluding carboxylic acids is 1. The molecule has 2 aliphatic rings. The van der Waals surface area contributed by atoms with Crippen LogP contribution in [0.4, 0.5) is 0 Å². The van der Waals surface area contributed by atoms with Crippen molar-refractivity contribution in [3.05, 3.63) is 59.5 Å². The second kappa shape index (κ2) is 6.67. The van der Waals surface area contributed by atoms with Crippen LogP contribution in [-0.4, -0.2) is 34.3 Å². The van der Waals surface area contributed by atoms with Crippen LogP contribution in [0.25, 0.3) is 11.4 Å². The summed E-state index contributed by atoms with van der Waals surface area (Å²) in [4.78, 5) is 18.8. The van der Waals surface area contributed by atoms with E-state index >= 15 is 0 Å². The summed E-state index contributed by atoms with van der Waals surface area (Å²) in [6.45, 7) is 3.34. The summed E-state index contributed by atoms with van der Waals surface area (Å²) in [5, 5.41) is 4.10. The maximum absolute atomic E-state index is 12.5. The summed E-state index contributed by atoms with van der Waals surface area (Å²) < 4.78 is 16.2. The molecular formula is C21H19N3O4. The van der Waals surface area contributed by atoms with E-state index in [-0.39, 0.29) is 18.6 Å². The van der Waals surface area contributed by atoms with Gasteiger partial charge in [-0.05, 0) is 30.7 Å². The van der Waals surface area contributed by atoms with E-state index in [1.807, 2.05) is 54.3 Å². The van der Waals surface area contributed by atoms with Crippen molar-refractivity contribution in [3.8, 4) is 22.9 Å². The molecule has 7 heteroatoms. The Morgan fingerprint density at radius 1 is 1.14 bits per heavy atom. The number of benzene rings is 2. The van der Waals surface area contributed by atoms with Gasteiger partial charge in [0.1, 0.15) is 0 Å². The molecule has 0 N–H and O–H groups in total. The quantitative estimate of drug-likeness (QED) is 0.694. The van der Waals surface area contributed by atoms with Crippen molar-refractivity contribution in [2.45, 2.75) is 25.8 Å². The van der Waals surface area contributed by atoms with E-state index in [0.29, 0.717) is 31.2 Å². The second-order valence-corrected chi connectivity index (χ2v) is 7.19. The zero-order valence-corrected chi connectivity index (χ0v) is 15.4. The van der Waals surface area contributed by atoms with Crippen molar-refractivity contribution in [2.75, 3.05) is 13.3 Å². The molecule has 5 rings (SSSR count). The van der Waals surface area contributed by atoms with E-state index in [4.69, 9.17) is 14.0 Å². The molecule has 0 bridgehead atoms. The number of amides is 1. The molecule has 1 saturated heterocycles. The summed E-state index contributed by atoms with van der Waals surface area (Å²) in [5.41, 5.74) is 3.05. The van der Waals surface area contributed by atoms with Gasteiger partial charge in [0.25, 0.3) is 0 Å². The van der Waals surface area contributed by atoms with Gasteiger partial charge in [0.2, 0.25) is 24.4 Å². The SMILES string of the molecule is Cc1cccc(-c2noc(C3CC(=O)N(Cc4ccc5c(c4)OCO5)C3)n2)c1. The number of aryl methyl sites for hydroxylation is 1.